The summed E-state index contributed by atoms with van der Waals surface area (Å²) in [5, 5.41) is 0. The number of allylic oxidation sites excluding steroid dienone is 1. The van der Waals surface area contributed by atoms with Crippen molar-refractivity contribution in [1.29, 1.82) is 0 Å². The van der Waals surface area contributed by atoms with Crippen molar-refractivity contribution in [3.05, 3.63) is 35.3 Å². The molecule has 0 aliphatic carbocycles. The third-order valence-electron chi connectivity index (χ3n) is 2.12. The van der Waals surface area contributed by atoms with Crippen molar-refractivity contribution in [2.75, 3.05) is 12.3 Å². The average molecular weight is 319 g/mol. The van der Waals surface area contributed by atoms with Crippen molar-refractivity contribution in [2.45, 2.75) is 17.7 Å². The largest absolute Gasteiger partial charge is 0.399 e. The van der Waals surface area contributed by atoms with Gasteiger partial charge in [0.05, 0.1) is 4.90 Å². The molecular formula is C11H15BrN2O2S. The smallest absolute Gasteiger partial charge is 0.241 e. The Kier molecular flexibility index (Phi) is 5.17. The SMILES string of the molecule is C=CCCCNS(=O)(=O)c1cc(N)ccc1Br. The Hall–Kier alpha value is -0.850. The van der Waals surface area contributed by atoms with Gasteiger partial charge in [-0.05, 0) is 47.0 Å². The lowest BCUT2D eigenvalue weighted by Crippen LogP contribution is -2.25. The number of hydrogen-bond donors (Lipinski definition) is 2. The fourth-order valence-corrected chi connectivity index (χ4v) is 3.33. The van der Waals surface area contributed by atoms with E-state index in [9.17, 15) is 8.42 Å². The molecule has 0 fully saturated rings. The number of hydrogen-bond acceptors (Lipinski definition) is 3. The van der Waals surface area contributed by atoms with Crippen molar-refractivity contribution in [3.8, 4) is 0 Å². The molecule has 1 rings (SSSR count). The maximum absolute atomic E-state index is 11.9. The quantitative estimate of drug-likeness (QED) is 0.480. The minimum atomic E-state index is -3.51. The van der Waals surface area contributed by atoms with Gasteiger partial charge in [0.15, 0.2) is 0 Å². The monoisotopic (exact) mass is 318 g/mol. The Labute approximate surface area is 110 Å². The summed E-state index contributed by atoms with van der Waals surface area (Å²) in [5.41, 5.74) is 5.99. The van der Waals surface area contributed by atoms with Crippen LogP contribution in [0.3, 0.4) is 0 Å². The number of nitrogen functional groups attached to an aromatic ring is 1. The number of nitrogens with two attached hydrogens (primary N) is 1. The summed E-state index contributed by atoms with van der Waals surface area (Å²) in [6, 6.07) is 4.69. The van der Waals surface area contributed by atoms with Crippen LogP contribution >= 0.6 is 15.9 Å². The molecule has 4 nitrogen and oxygen atoms in total. The lowest BCUT2D eigenvalue weighted by Gasteiger charge is -2.08. The van der Waals surface area contributed by atoms with Crippen LogP contribution in [0, 0.1) is 0 Å². The summed E-state index contributed by atoms with van der Waals surface area (Å²) in [5.74, 6) is 0. The zero-order valence-corrected chi connectivity index (χ0v) is 11.7. The van der Waals surface area contributed by atoms with E-state index < -0.39 is 10.0 Å². The van der Waals surface area contributed by atoms with E-state index in [1.807, 2.05) is 0 Å². The summed E-state index contributed by atoms with van der Waals surface area (Å²) in [6.07, 6.45) is 3.26. The van der Waals surface area contributed by atoms with Crippen molar-refractivity contribution >= 4 is 31.6 Å². The van der Waals surface area contributed by atoms with Gasteiger partial charge in [-0.1, -0.05) is 6.08 Å². The zero-order chi connectivity index (χ0) is 12.9. The molecule has 0 atom stereocenters. The van der Waals surface area contributed by atoms with Crippen LogP contribution in [0.2, 0.25) is 0 Å². The molecule has 17 heavy (non-hydrogen) atoms. The Balaban J connectivity index is 2.82. The van der Waals surface area contributed by atoms with E-state index in [1.165, 1.54) is 6.07 Å². The maximum Gasteiger partial charge on any atom is 0.241 e. The van der Waals surface area contributed by atoms with E-state index in [0.29, 0.717) is 16.7 Å². The molecule has 0 saturated heterocycles. The van der Waals surface area contributed by atoms with Crippen molar-refractivity contribution in [2.24, 2.45) is 0 Å². The zero-order valence-electron chi connectivity index (χ0n) is 9.32. The molecule has 0 radical (unpaired) electrons. The minimum absolute atomic E-state index is 0.163. The molecule has 0 amide bonds. The summed E-state index contributed by atoms with van der Waals surface area (Å²) in [4.78, 5) is 0.163. The van der Waals surface area contributed by atoms with Gasteiger partial charge in [0, 0.05) is 16.7 Å². The lowest BCUT2D eigenvalue weighted by molar-refractivity contribution is 0.579. The second-order valence-electron chi connectivity index (χ2n) is 3.52. The summed E-state index contributed by atoms with van der Waals surface area (Å²) >= 11 is 3.20. The number of anilines is 1. The molecule has 0 bridgehead atoms. The Bertz CT molecular complexity index is 500. The molecule has 6 heteroatoms. The number of sulfonamides is 1. The normalized spacial score (nSPS) is 11.4. The highest BCUT2D eigenvalue weighted by Crippen LogP contribution is 2.23. The third-order valence-corrected chi connectivity index (χ3v) is 4.58. The average Bonchev–Trinajstić information content (AvgIpc) is 2.28. The first-order valence-electron chi connectivity index (χ1n) is 5.13. The van der Waals surface area contributed by atoms with Crippen LogP contribution in [0.4, 0.5) is 5.69 Å². The molecule has 0 aromatic heterocycles. The summed E-state index contributed by atoms with van der Waals surface area (Å²) in [7, 11) is -3.51. The van der Waals surface area contributed by atoms with Gasteiger partial charge in [0.25, 0.3) is 0 Å². The molecule has 1 aromatic carbocycles. The first-order valence-corrected chi connectivity index (χ1v) is 7.40. The van der Waals surface area contributed by atoms with Gasteiger partial charge in [-0.25, -0.2) is 13.1 Å². The molecule has 0 saturated carbocycles. The van der Waals surface area contributed by atoms with Crippen LogP contribution in [-0.4, -0.2) is 15.0 Å². The highest BCUT2D eigenvalue weighted by molar-refractivity contribution is 9.10. The van der Waals surface area contributed by atoms with Gasteiger partial charge in [-0.3, -0.25) is 0 Å². The van der Waals surface area contributed by atoms with Gasteiger partial charge >= 0.3 is 0 Å². The summed E-state index contributed by atoms with van der Waals surface area (Å²) in [6.45, 7) is 3.96. The fraction of sp³-hybridized carbons (Fsp3) is 0.273. The third kappa shape index (κ3) is 4.14. The van der Waals surface area contributed by atoms with Crippen LogP contribution in [-0.2, 0) is 10.0 Å². The van der Waals surface area contributed by atoms with Crippen molar-refractivity contribution in [3.63, 3.8) is 0 Å². The van der Waals surface area contributed by atoms with Crippen LogP contribution in [0.15, 0.2) is 40.2 Å². The van der Waals surface area contributed by atoms with Crippen LogP contribution < -0.4 is 10.5 Å². The molecule has 1 aromatic rings. The standard InChI is InChI=1S/C11H15BrN2O2S/c1-2-3-4-7-14-17(15,16)11-8-9(13)5-6-10(11)12/h2,5-6,8,14H,1,3-4,7,13H2. The number of unbranched alkanes of at least 4 members (excludes halogenated alkanes) is 1. The molecule has 0 spiro atoms. The Morgan fingerprint density at radius 1 is 1.47 bits per heavy atom. The molecule has 0 aliphatic rings. The highest BCUT2D eigenvalue weighted by atomic mass is 79.9. The predicted octanol–water partition coefficient (Wildman–Crippen LogP) is 2.28. The van der Waals surface area contributed by atoms with Crippen LogP contribution in [0.25, 0.3) is 0 Å². The second-order valence-corrected chi connectivity index (χ2v) is 6.11. The molecular weight excluding hydrogens is 304 g/mol. The van der Waals surface area contributed by atoms with E-state index in [4.69, 9.17) is 5.73 Å². The second kappa shape index (κ2) is 6.18. The molecule has 0 unspecified atom stereocenters. The van der Waals surface area contributed by atoms with Gasteiger partial charge < -0.3 is 5.73 Å². The maximum atomic E-state index is 11.9. The summed E-state index contributed by atoms with van der Waals surface area (Å²) < 4.78 is 26.9. The molecule has 94 valence electrons. The van der Waals surface area contributed by atoms with E-state index >= 15 is 0 Å². The van der Waals surface area contributed by atoms with Gasteiger partial charge in [-0.2, -0.15) is 0 Å². The fourth-order valence-electron chi connectivity index (χ4n) is 1.26. The van der Waals surface area contributed by atoms with E-state index in [-0.39, 0.29) is 4.90 Å². The molecule has 3 N–H and O–H groups in total. The lowest BCUT2D eigenvalue weighted by atomic mass is 10.3. The predicted molar refractivity (Wildman–Crippen MR) is 73.2 cm³/mol. The van der Waals surface area contributed by atoms with E-state index in [1.54, 1.807) is 18.2 Å². The Morgan fingerprint density at radius 2 is 2.18 bits per heavy atom. The van der Waals surface area contributed by atoms with Crippen molar-refractivity contribution < 1.29 is 8.42 Å². The van der Waals surface area contributed by atoms with Crippen LogP contribution in [0.5, 0.6) is 0 Å². The van der Waals surface area contributed by atoms with Crippen molar-refractivity contribution in [1.82, 2.24) is 4.72 Å². The van der Waals surface area contributed by atoms with Gasteiger partial charge in [-0.15, -0.1) is 6.58 Å². The first-order chi connectivity index (χ1) is 7.97. The van der Waals surface area contributed by atoms with Crippen LogP contribution in [0.1, 0.15) is 12.8 Å². The highest BCUT2D eigenvalue weighted by Gasteiger charge is 2.16. The van der Waals surface area contributed by atoms with E-state index in [2.05, 4.69) is 27.2 Å². The van der Waals surface area contributed by atoms with Gasteiger partial charge in [0.1, 0.15) is 0 Å². The topological polar surface area (TPSA) is 72.2 Å². The minimum Gasteiger partial charge on any atom is -0.399 e. The number of halogens is 1. The number of benzene rings is 1. The Morgan fingerprint density at radius 3 is 2.82 bits per heavy atom. The number of nitrogens with one attached hydrogen (secondary N) is 1. The number of rotatable bonds is 6. The van der Waals surface area contributed by atoms with Gasteiger partial charge in [0.2, 0.25) is 10.0 Å². The molecule has 0 heterocycles. The van der Waals surface area contributed by atoms with E-state index in [0.717, 1.165) is 12.8 Å². The molecule has 0 aliphatic heterocycles. The first kappa shape index (κ1) is 14.2.